The van der Waals surface area contributed by atoms with Crippen molar-refractivity contribution < 1.29 is 8.78 Å². The minimum atomic E-state index is -0.932. The second-order valence-electron chi connectivity index (χ2n) is 6.11. The van der Waals surface area contributed by atoms with Gasteiger partial charge in [-0.1, -0.05) is 40.2 Å². The predicted octanol–water partition coefficient (Wildman–Crippen LogP) is 5.60. The lowest BCUT2D eigenvalue weighted by Crippen LogP contribution is -2.22. The Morgan fingerprint density at radius 2 is 1.64 bits per heavy atom. The minimum Gasteiger partial charge on any atom is -0.268 e. The summed E-state index contributed by atoms with van der Waals surface area (Å²) in [6.07, 6.45) is 3.21. The molecular weight excluding hydrogens is 426 g/mol. The highest BCUT2D eigenvalue weighted by Gasteiger charge is 2.11. The Morgan fingerprint density at radius 1 is 0.893 bits per heavy atom. The van der Waals surface area contributed by atoms with Crippen molar-refractivity contribution >= 4 is 39.0 Å². The third-order valence-corrected chi connectivity index (χ3v) is 4.78. The largest absolute Gasteiger partial charge is 0.268 e. The first kappa shape index (κ1) is 18.3. The number of hydrogen-bond donors (Lipinski definition) is 0. The van der Waals surface area contributed by atoms with Crippen LogP contribution in [0, 0.1) is 11.6 Å². The Balaban J connectivity index is 1.91. The van der Waals surface area contributed by atoms with Crippen LogP contribution in [0.1, 0.15) is 11.4 Å². The number of fused-ring (bicyclic) bond motifs is 1. The Kier molecular flexibility index (Phi) is 4.88. The molecule has 6 heteroatoms. The zero-order chi connectivity index (χ0) is 19.7. The molecule has 0 aliphatic heterocycles. The molecule has 0 N–H and O–H groups in total. The zero-order valence-electron chi connectivity index (χ0n) is 14.4. The molecule has 138 valence electrons. The van der Waals surface area contributed by atoms with E-state index in [9.17, 15) is 13.6 Å². The third kappa shape index (κ3) is 3.51. The molecule has 0 saturated carbocycles. The summed E-state index contributed by atoms with van der Waals surface area (Å²) in [6.45, 7) is 0. The normalized spacial score (nSPS) is 11.4. The van der Waals surface area contributed by atoms with E-state index in [-0.39, 0.29) is 5.56 Å². The van der Waals surface area contributed by atoms with Crippen LogP contribution in [0.15, 0.2) is 76.0 Å². The van der Waals surface area contributed by atoms with E-state index in [0.717, 1.165) is 16.6 Å². The first-order valence-corrected chi connectivity index (χ1v) is 9.23. The van der Waals surface area contributed by atoms with Gasteiger partial charge in [0.2, 0.25) is 0 Å². The molecular formula is C22H13BrF2N2O. The van der Waals surface area contributed by atoms with Gasteiger partial charge in [-0.15, -0.1) is 0 Å². The molecule has 0 saturated heterocycles. The fourth-order valence-corrected chi connectivity index (χ4v) is 3.15. The van der Waals surface area contributed by atoms with Crippen molar-refractivity contribution in [2.75, 3.05) is 0 Å². The molecule has 0 amide bonds. The van der Waals surface area contributed by atoms with Gasteiger partial charge >= 0.3 is 0 Å². The van der Waals surface area contributed by atoms with Crippen LogP contribution >= 0.6 is 15.9 Å². The summed E-state index contributed by atoms with van der Waals surface area (Å²) in [5.74, 6) is -1.46. The lowest BCUT2D eigenvalue weighted by molar-refractivity contribution is 0.508. The van der Waals surface area contributed by atoms with E-state index in [1.54, 1.807) is 42.5 Å². The maximum absolute atomic E-state index is 13.5. The van der Waals surface area contributed by atoms with Gasteiger partial charge in [0.1, 0.15) is 5.82 Å². The van der Waals surface area contributed by atoms with Gasteiger partial charge in [-0.25, -0.2) is 13.8 Å². The van der Waals surface area contributed by atoms with Gasteiger partial charge in [0.25, 0.3) is 5.56 Å². The van der Waals surface area contributed by atoms with Gasteiger partial charge in [0.05, 0.1) is 16.6 Å². The number of benzene rings is 3. The van der Waals surface area contributed by atoms with Crippen molar-refractivity contribution in [1.82, 2.24) is 9.55 Å². The van der Waals surface area contributed by atoms with Crippen LogP contribution in [0.2, 0.25) is 0 Å². The van der Waals surface area contributed by atoms with E-state index in [0.29, 0.717) is 28.0 Å². The van der Waals surface area contributed by atoms with Gasteiger partial charge in [-0.3, -0.25) is 9.36 Å². The molecule has 0 fully saturated rings. The van der Waals surface area contributed by atoms with Gasteiger partial charge in [-0.2, -0.15) is 0 Å². The summed E-state index contributed by atoms with van der Waals surface area (Å²) < 4.78 is 29.0. The van der Waals surface area contributed by atoms with Crippen molar-refractivity contribution in [2.24, 2.45) is 0 Å². The minimum absolute atomic E-state index is 0.210. The quantitative estimate of drug-likeness (QED) is 0.417. The van der Waals surface area contributed by atoms with Crippen LogP contribution in [0.3, 0.4) is 0 Å². The molecule has 4 aromatic rings. The maximum Gasteiger partial charge on any atom is 0.266 e. The van der Waals surface area contributed by atoms with E-state index in [4.69, 9.17) is 0 Å². The van der Waals surface area contributed by atoms with Crippen molar-refractivity contribution in [3.8, 4) is 5.69 Å². The van der Waals surface area contributed by atoms with Gasteiger partial charge in [0, 0.05) is 4.47 Å². The molecule has 0 bridgehead atoms. The lowest BCUT2D eigenvalue weighted by Gasteiger charge is -2.11. The maximum atomic E-state index is 13.5. The molecule has 28 heavy (non-hydrogen) atoms. The lowest BCUT2D eigenvalue weighted by atomic mass is 10.2. The highest BCUT2D eigenvalue weighted by molar-refractivity contribution is 9.10. The fourth-order valence-electron chi connectivity index (χ4n) is 2.89. The molecule has 0 aliphatic rings. The average Bonchev–Trinajstić information content (AvgIpc) is 2.70. The Labute approximate surface area is 167 Å². The highest BCUT2D eigenvalue weighted by Crippen LogP contribution is 2.18. The number of halogens is 3. The van der Waals surface area contributed by atoms with E-state index in [1.165, 1.54) is 10.6 Å². The molecule has 1 heterocycles. The van der Waals surface area contributed by atoms with Gasteiger partial charge in [0.15, 0.2) is 11.6 Å². The van der Waals surface area contributed by atoms with Crippen LogP contribution in [-0.2, 0) is 0 Å². The molecule has 1 aromatic heterocycles. The zero-order valence-corrected chi connectivity index (χ0v) is 16.0. The monoisotopic (exact) mass is 438 g/mol. The van der Waals surface area contributed by atoms with Gasteiger partial charge in [-0.05, 0) is 60.2 Å². The summed E-state index contributed by atoms with van der Waals surface area (Å²) in [4.78, 5) is 17.7. The summed E-state index contributed by atoms with van der Waals surface area (Å²) in [7, 11) is 0. The molecule has 3 aromatic carbocycles. The molecule has 0 spiro atoms. The SMILES string of the molecule is O=c1c2ccccc2nc(/C=C\c2ccc(F)c(F)c2)n1-c1ccc(Br)cc1. The number of hydrogen-bond acceptors (Lipinski definition) is 2. The van der Waals surface area contributed by atoms with Crippen molar-refractivity contribution in [2.45, 2.75) is 0 Å². The molecule has 4 rings (SSSR count). The fraction of sp³-hybridized carbons (Fsp3) is 0. The Morgan fingerprint density at radius 3 is 2.39 bits per heavy atom. The Bertz CT molecular complexity index is 1260. The smallest absolute Gasteiger partial charge is 0.266 e. The number of nitrogens with zero attached hydrogens (tertiary/aromatic N) is 2. The standard InChI is InChI=1S/C22H13BrF2N2O/c23-15-7-9-16(10-8-15)27-21(12-6-14-5-11-18(24)19(25)13-14)26-20-4-2-1-3-17(20)22(27)28/h1-13H/b12-6-. The summed E-state index contributed by atoms with van der Waals surface area (Å²) in [6, 6.07) is 18.0. The van der Waals surface area contributed by atoms with Crippen LogP contribution in [-0.4, -0.2) is 9.55 Å². The van der Waals surface area contributed by atoms with Crippen LogP contribution in [0.5, 0.6) is 0 Å². The van der Waals surface area contributed by atoms with Crippen LogP contribution < -0.4 is 5.56 Å². The van der Waals surface area contributed by atoms with Crippen molar-refractivity contribution in [1.29, 1.82) is 0 Å². The first-order chi connectivity index (χ1) is 13.5. The topological polar surface area (TPSA) is 34.9 Å². The molecule has 0 atom stereocenters. The van der Waals surface area contributed by atoms with E-state index in [1.807, 2.05) is 18.2 Å². The first-order valence-electron chi connectivity index (χ1n) is 8.44. The van der Waals surface area contributed by atoms with Crippen molar-refractivity contribution in [3.05, 3.63) is 105 Å². The summed E-state index contributed by atoms with van der Waals surface area (Å²) >= 11 is 3.39. The molecule has 0 aliphatic carbocycles. The molecule has 0 radical (unpaired) electrons. The van der Waals surface area contributed by atoms with E-state index < -0.39 is 11.6 Å². The average molecular weight is 439 g/mol. The number of para-hydroxylation sites is 1. The van der Waals surface area contributed by atoms with E-state index in [2.05, 4.69) is 20.9 Å². The van der Waals surface area contributed by atoms with Crippen LogP contribution in [0.25, 0.3) is 28.7 Å². The third-order valence-electron chi connectivity index (χ3n) is 4.25. The second-order valence-corrected chi connectivity index (χ2v) is 7.03. The van der Waals surface area contributed by atoms with Crippen LogP contribution in [0.4, 0.5) is 8.78 Å². The van der Waals surface area contributed by atoms with Crippen molar-refractivity contribution in [3.63, 3.8) is 0 Å². The highest BCUT2D eigenvalue weighted by atomic mass is 79.9. The Hall–Kier alpha value is -3.12. The predicted molar refractivity (Wildman–Crippen MR) is 110 cm³/mol. The van der Waals surface area contributed by atoms with Gasteiger partial charge < -0.3 is 0 Å². The van der Waals surface area contributed by atoms with E-state index >= 15 is 0 Å². The molecule has 3 nitrogen and oxygen atoms in total. The number of aromatic nitrogens is 2. The number of rotatable bonds is 3. The molecule has 0 unspecified atom stereocenters. The summed E-state index contributed by atoms with van der Waals surface area (Å²) in [5.41, 5.74) is 1.46. The second kappa shape index (κ2) is 7.48. The summed E-state index contributed by atoms with van der Waals surface area (Å²) in [5, 5.41) is 0.496.